The maximum absolute atomic E-state index is 5.42. The van der Waals surface area contributed by atoms with Crippen molar-refractivity contribution in [1.29, 1.82) is 0 Å². The lowest BCUT2D eigenvalue weighted by Gasteiger charge is -2.05. The second kappa shape index (κ2) is 4.92. The molecule has 0 radical (unpaired) electrons. The minimum absolute atomic E-state index is 0.655. The topological polar surface area (TPSA) is 51.4 Å². The monoisotopic (exact) mass is 303 g/mol. The highest BCUT2D eigenvalue weighted by molar-refractivity contribution is 7.72. The van der Waals surface area contributed by atoms with Crippen molar-refractivity contribution in [3.8, 4) is 0 Å². The SMILES string of the molecule is Cn1c(=S)c2[nH]c(Cc3cccnc3)nc2n(C)c1=S. The predicted octanol–water partition coefficient (Wildman–Crippen LogP) is 2.68. The third-order valence-corrected chi connectivity index (χ3v) is 4.26. The van der Waals surface area contributed by atoms with Crippen LogP contribution in [-0.4, -0.2) is 24.1 Å². The molecule has 0 unspecified atom stereocenters. The first kappa shape index (κ1) is 13.1. The van der Waals surface area contributed by atoms with Gasteiger partial charge in [0.05, 0.1) is 0 Å². The summed E-state index contributed by atoms with van der Waals surface area (Å²) >= 11 is 10.8. The van der Waals surface area contributed by atoms with Crippen LogP contribution in [0.2, 0.25) is 0 Å². The number of H-pyrrole nitrogens is 1. The number of hydrogen-bond acceptors (Lipinski definition) is 4. The Morgan fingerprint density at radius 1 is 1.25 bits per heavy atom. The largest absolute Gasteiger partial charge is 0.338 e. The number of pyridine rings is 1. The molecule has 0 bridgehead atoms. The molecular weight excluding hydrogens is 290 g/mol. The van der Waals surface area contributed by atoms with Gasteiger partial charge >= 0.3 is 0 Å². The highest BCUT2D eigenvalue weighted by atomic mass is 32.1. The number of hydrogen-bond donors (Lipinski definition) is 1. The maximum atomic E-state index is 5.42. The van der Waals surface area contributed by atoms with Crippen molar-refractivity contribution in [2.24, 2.45) is 14.1 Å². The molecule has 0 saturated carbocycles. The number of aromatic nitrogens is 5. The van der Waals surface area contributed by atoms with Crippen LogP contribution in [0.1, 0.15) is 11.4 Å². The molecule has 0 aliphatic carbocycles. The van der Waals surface area contributed by atoms with Gasteiger partial charge in [-0.05, 0) is 23.8 Å². The average molecular weight is 303 g/mol. The quantitative estimate of drug-likeness (QED) is 0.740. The van der Waals surface area contributed by atoms with Crippen molar-refractivity contribution in [2.45, 2.75) is 6.42 Å². The average Bonchev–Trinajstić information content (AvgIpc) is 2.88. The summed E-state index contributed by atoms with van der Waals surface area (Å²) in [5, 5.41) is 0. The molecule has 5 nitrogen and oxygen atoms in total. The number of rotatable bonds is 2. The molecule has 3 heterocycles. The van der Waals surface area contributed by atoms with Crippen LogP contribution in [0.15, 0.2) is 24.5 Å². The van der Waals surface area contributed by atoms with Crippen LogP contribution in [0.4, 0.5) is 0 Å². The summed E-state index contributed by atoms with van der Waals surface area (Å²) in [6.45, 7) is 0. The first-order valence-electron chi connectivity index (χ1n) is 6.11. The van der Waals surface area contributed by atoms with E-state index in [-0.39, 0.29) is 0 Å². The molecule has 0 saturated heterocycles. The molecule has 102 valence electrons. The van der Waals surface area contributed by atoms with E-state index in [1.165, 1.54) is 0 Å². The normalized spacial score (nSPS) is 11.1. The van der Waals surface area contributed by atoms with Gasteiger partial charge in [0.15, 0.2) is 10.4 Å². The number of fused-ring (bicyclic) bond motifs is 1. The number of imidazole rings is 1. The van der Waals surface area contributed by atoms with Crippen molar-refractivity contribution in [2.75, 3.05) is 0 Å². The van der Waals surface area contributed by atoms with E-state index in [9.17, 15) is 0 Å². The summed E-state index contributed by atoms with van der Waals surface area (Å²) < 4.78 is 5.00. The zero-order valence-electron chi connectivity index (χ0n) is 11.1. The molecule has 0 spiro atoms. The molecule has 0 aliphatic heterocycles. The maximum Gasteiger partial charge on any atom is 0.182 e. The van der Waals surface area contributed by atoms with E-state index in [4.69, 9.17) is 24.4 Å². The molecular formula is C13H13N5S2. The van der Waals surface area contributed by atoms with Gasteiger partial charge in [0, 0.05) is 32.9 Å². The molecule has 7 heteroatoms. The third-order valence-electron chi connectivity index (χ3n) is 3.24. The van der Waals surface area contributed by atoms with Crippen molar-refractivity contribution in [3.63, 3.8) is 0 Å². The summed E-state index contributed by atoms with van der Waals surface area (Å²) in [6, 6.07) is 3.94. The van der Waals surface area contributed by atoms with Gasteiger partial charge in [-0.25, -0.2) is 4.98 Å². The Hall–Kier alpha value is -1.86. The number of aromatic amines is 1. The standard InChI is InChI=1S/C13H13N5S2/c1-17-11-10(12(19)18(2)13(17)20)15-9(16-11)6-8-4-3-5-14-7-8/h3-5,7H,6H2,1-2H3,(H,15,16). The molecule has 20 heavy (non-hydrogen) atoms. The van der Waals surface area contributed by atoms with Crippen LogP contribution in [0.5, 0.6) is 0 Å². The zero-order valence-corrected chi connectivity index (χ0v) is 12.8. The molecule has 3 rings (SSSR count). The molecule has 3 aromatic rings. The minimum Gasteiger partial charge on any atom is -0.338 e. The van der Waals surface area contributed by atoms with Crippen LogP contribution in [0.25, 0.3) is 11.2 Å². The number of nitrogens with zero attached hydrogens (tertiary/aromatic N) is 4. The van der Waals surface area contributed by atoms with Crippen molar-refractivity contribution in [1.82, 2.24) is 24.1 Å². The molecule has 0 atom stereocenters. The van der Waals surface area contributed by atoms with Gasteiger partial charge in [-0.15, -0.1) is 0 Å². The molecule has 0 amide bonds. The van der Waals surface area contributed by atoms with Gasteiger partial charge in [-0.1, -0.05) is 18.3 Å². The fourth-order valence-corrected chi connectivity index (χ4v) is 2.62. The van der Waals surface area contributed by atoms with E-state index in [2.05, 4.69) is 15.0 Å². The fraction of sp³-hybridized carbons (Fsp3) is 0.231. The summed E-state index contributed by atoms with van der Waals surface area (Å²) in [5.74, 6) is 0.857. The Morgan fingerprint density at radius 2 is 2.05 bits per heavy atom. The predicted molar refractivity (Wildman–Crippen MR) is 82.7 cm³/mol. The van der Waals surface area contributed by atoms with Crippen molar-refractivity contribution in [3.05, 3.63) is 45.3 Å². The first-order chi connectivity index (χ1) is 9.58. The lowest BCUT2D eigenvalue weighted by atomic mass is 10.2. The van der Waals surface area contributed by atoms with Gasteiger partial charge in [0.2, 0.25) is 0 Å². The van der Waals surface area contributed by atoms with Crippen molar-refractivity contribution < 1.29 is 0 Å². The van der Waals surface area contributed by atoms with E-state index in [1.54, 1.807) is 10.8 Å². The molecule has 1 N–H and O–H groups in total. The lowest BCUT2D eigenvalue weighted by molar-refractivity contribution is 0.755. The summed E-state index contributed by atoms with van der Waals surface area (Å²) in [6.07, 6.45) is 4.28. The highest BCUT2D eigenvalue weighted by Gasteiger charge is 2.10. The van der Waals surface area contributed by atoms with E-state index in [0.717, 1.165) is 22.6 Å². The van der Waals surface area contributed by atoms with Crippen LogP contribution < -0.4 is 0 Å². The zero-order chi connectivity index (χ0) is 14.3. The van der Waals surface area contributed by atoms with Gasteiger partial charge < -0.3 is 14.1 Å². The Kier molecular flexibility index (Phi) is 3.23. The first-order valence-corrected chi connectivity index (χ1v) is 6.93. The fourth-order valence-electron chi connectivity index (χ4n) is 2.15. The second-order valence-electron chi connectivity index (χ2n) is 4.63. The van der Waals surface area contributed by atoms with E-state index >= 15 is 0 Å². The van der Waals surface area contributed by atoms with Gasteiger partial charge in [-0.3, -0.25) is 4.98 Å². The number of nitrogens with one attached hydrogen (secondary N) is 1. The smallest absolute Gasteiger partial charge is 0.182 e. The summed E-state index contributed by atoms with van der Waals surface area (Å²) in [4.78, 5) is 12.0. The van der Waals surface area contributed by atoms with E-state index in [1.807, 2.05) is 37.0 Å². The molecule has 0 aromatic carbocycles. The van der Waals surface area contributed by atoms with Crippen LogP contribution in [0.3, 0.4) is 0 Å². The summed E-state index contributed by atoms with van der Waals surface area (Å²) in [7, 11) is 3.76. The Bertz CT molecular complexity index is 889. The van der Waals surface area contributed by atoms with Gasteiger partial charge in [0.1, 0.15) is 16.0 Å². The summed E-state index contributed by atoms with van der Waals surface area (Å²) in [5.41, 5.74) is 2.73. The molecule has 0 fully saturated rings. The van der Waals surface area contributed by atoms with E-state index in [0.29, 0.717) is 15.8 Å². The van der Waals surface area contributed by atoms with Gasteiger partial charge in [0.25, 0.3) is 0 Å². The van der Waals surface area contributed by atoms with Crippen molar-refractivity contribution >= 4 is 35.6 Å². The third kappa shape index (κ3) is 2.08. The van der Waals surface area contributed by atoms with Crippen LogP contribution in [-0.2, 0) is 20.5 Å². The Balaban J connectivity index is 2.17. The minimum atomic E-state index is 0.655. The Morgan fingerprint density at radius 3 is 2.75 bits per heavy atom. The Labute approximate surface area is 125 Å². The van der Waals surface area contributed by atoms with Gasteiger partial charge in [-0.2, -0.15) is 0 Å². The second-order valence-corrected chi connectivity index (χ2v) is 5.38. The molecule has 0 aliphatic rings. The van der Waals surface area contributed by atoms with Crippen LogP contribution >= 0.6 is 24.4 Å². The number of aryl methyl sites for hydroxylation is 1. The van der Waals surface area contributed by atoms with E-state index < -0.39 is 0 Å². The lowest BCUT2D eigenvalue weighted by Crippen LogP contribution is -2.05. The van der Waals surface area contributed by atoms with Crippen LogP contribution in [0, 0.1) is 9.41 Å². The molecule has 3 aromatic heterocycles. The highest BCUT2D eigenvalue weighted by Crippen LogP contribution is 2.15.